The maximum absolute atomic E-state index is 3.58. The average molecular weight is 221 g/mol. The van der Waals surface area contributed by atoms with E-state index in [0.29, 0.717) is 0 Å². The summed E-state index contributed by atoms with van der Waals surface area (Å²) < 4.78 is 0. The van der Waals surface area contributed by atoms with Crippen molar-refractivity contribution in [2.45, 2.75) is 20.3 Å². The summed E-state index contributed by atoms with van der Waals surface area (Å²) in [6, 6.07) is 6.62. The van der Waals surface area contributed by atoms with Crippen LogP contribution in [0, 0.1) is 19.8 Å². The van der Waals surface area contributed by atoms with Crippen molar-refractivity contribution in [3.63, 3.8) is 0 Å². The van der Waals surface area contributed by atoms with Crippen molar-refractivity contribution in [2.75, 3.05) is 23.4 Å². The summed E-state index contributed by atoms with van der Waals surface area (Å²) in [6.45, 7) is 5.46. The zero-order chi connectivity index (χ0) is 10.7. The number of nitrogens with one attached hydrogen (secondary N) is 1. The Hall–Kier alpha value is -0.630. The second-order valence-corrected chi connectivity index (χ2v) is 5.58. The van der Waals surface area contributed by atoms with E-state index in [-0.39, 0.29) is 0 Å². The normalized spacial score (nSPS) is 20.5. The SMILES string of the molecule is Cc1ccc(C)c(NCC2CCSC2)c1. The molecule has 1 aromatic carbocycles. The second kappa shape index (κ2) is 4.93. The fraction of sp³-hybridized carbons (Fsp3) is 0.538. The fourth-order valence-corrected chi connectivity index (χ4v) is 3.21. The molecule has 1 aliphatic heterocycles. The van der Waals surface area contributed by atoms with E-state index in [2.05, 4.69) is 49.1 Å². The Labute approximate surface area is 96.7 Å². The Bertz CT molecular complexity index is 329. The van der Waals surface area contributed by atoms with Gasteiger partial charge in [-0.2, -0.15) is 11.8 Å². The molecule has 1 N–H and O–H groups in total. The van der Waals surface area contributed by atoms with Gasteiger partial charge in [0.1, 0.15) is 0 Å². The van der Waals surface area contributed by atoms with Crippen LogP contribution in [-0.4, -0.2) is 18.1 Å². The second-order valence-electron chi connectivity index (χ2n) is 4.43. The summed E-state index contributed by atoms with van der Waals surface area (Å²) in [5.74, 6) is 3.55. The molecule has 0 spiro atoms. The predicted octanol–water partition coefficient (Wildman–Crippen LogP) is 3.47. The molecule has 2 heteroatoms. The van der Waals surface area contributed by atoms with Crippen molar-refractivity contribution in [1.82, 2.24) is 0 Å². The molecule has 1 heterocycles. The van der Waals surface area contributed by atoms with Gasteiger partial charge in [-0.05, 0) is 54.9 Å². The number of thioether (sulfide) groups is 1. The van der Waals surface area contributed by atoms with Crippen LogP contribution in [-0.2, 0) is 0 Å². The molecule has 0 saturated carbocycles. The smallest absolute Gasteiger partial charge is 0.0372 e. The number of hydrogen-bond donors (Lipinski definition) is 1. The van der Waals surface area contributed by atoms with E-state index >= 15 is 0 Å². The summed E-state index contributed by atoms with van der Waals surface area (Å²) in [5.41, 5.74) is 4.00. The molecule has 82 valence electrons. The first-order valence-corrected chi connectivity index (χ1v) is 6.80. The lowest BCUT2D eigenvalue weighted by molar-refractivity contribution is 0.631. The summed E-state index contributed by atoms with van der Waals surface area (Å²) in [5, 5.41) is 3.58. The van der Waals surface area contributed by atoms with Crippen molar-refractivity contribution in [1.29, 1.82) is 0 Å². The maximum Gasteiger partial charge on any atom is 0.0372 e. The topological polar surface area (TPSA) is 12.0 Å². The molecular weight excluding hydrogens is 202 g/mol. The molecule has 0 radical (unpaired) electrons. The largest absolute Gasteiger partial charge is 0.385 e. The Kier molecular flexibility index (Phi) is 3.57. The summed E-state index contributed by atoms with van der Waals surface area (Å²) >= 11 is 2.08. The minimum Gasteiger partial charge on any atom is -0.385 e. The molecule has 15 heavy (non-hydrogen) atoms. The van der Waals surface area contributed by atoms with Crippen molar-refractivity contribution in [3.05, 3.63) is 29.3 Å². The van der Waals surface area contributed by atoms with Crippen LogP contribution in [0.25, 0.3) is 0 Å². The molecule has 0 bridgehead atoms. The highest BCUT2D eigenvalue weighted by Gasteiger charge is 2.14. The molecule has 0 aromatic heterocycles. The summed E-state index contributed by atoms with van der Waals surface area (Å²) in [4.78, 5) is 0. The Balaban J connectivity index is 1.94. The standard InChI is InChI=1S/C13H19NS/c1-10-3-4-11(2)13(7-10)14-8-12-5-6-15-9-12/h3-4,7,12,14H,5-6,8-9H2,1-2H3. The van der Waals surface area contributed by atoms with E-state index in [4.69, 9.17) is 0 Å². The van der Waals surface area contributed by atoms with Crippen LogP contribution in [0.4, 0.5) is 5.69 Å². The third-order valence-electron chi connectivity index (χ3n) is 3.00. The van der Waals surface area contributed by atoms with Gasteiger partial charge >= 0.3 is 0 Å². The van der Waals surface area contributed by atoms with Gasteiger partial charge in [0.15, 0.2) is 0 Å². The number of benzene rings is 1. The van der Waals surface area contributed by atoms with Gasteiger partial charge in [0.25, 0.3) is 0 Å². The van der Waals surface area contributed by atoms with Gasteiger partial charge in [0.05, 0.1) is 0 Å². The van der Waals surface area contributed by atoms with E-state index in [9.17, 15) is 0 Å². The lowest BCUT2D eigenvalue weighted by Gasteiger charge is -2.13. The lowest BCUT2D eigenvalue weighted by atomic mass is 10.1. The van der Waals surface area contributed by atoms with Crippen LogP contribution >= 0.6 is 11.8 Å². The zero-order valence-corrected chi connectivity index (χ0v) is 10.4. The minimum atomic E-state index is 0.870. The van der Waals surface area contributed by atoms with Crippen LogP contribution in [0.2, 0.25) is 0 Å². The van der Waals surface area contributed by atoms with Gasteiger partial charge in [0.2, 0.25) is 0 Å². The first kappa shape index (κ1) is 10.9. The highest BCUT2D eigenvalue weighted by atomic mass is 32.2. The van der Waals surface area contributed by atoms with Gasteiger partial charge in [-0.3, -0.25) is 0 Å². The fourth-order valence-electron chi connectivity index (χ4n) is 1.92. The highest BCUT2D eigenvalue weighted by Crippen LogP contribution is 2.24. The van der Waals surface area contributed by atoms with Crippen LogP contribution < -0.4 is 5.32 Å². The quantitative estimate of drug-likeness (QED) is 0.839. The van der Waals surface area contributed by atoms with E-state index in [1.807, 2.05) is 0 Å². The average Bonchev–Trinajstić information content (AvgIpc) is 2.72. The van der Waals surface area contributed by atoms with E-state index in [1.165, 1.54) is 34.7 Å². The molecule has 1 aliphatic rings. The minimum absolute atomic E-state index is 0.870. The highest BCUT2D eigenvalue weighted by molar-refractivity contribution is 7.99. The Morgan fingerprint density at radius 1 is 1.40 bits per heavy atom. The molecule has 0 amide bonds. The van der Waals surface area contributed by atoms with Crippen molar-refractivity contribution in [3.8, 4) is 0 Å². The molecule has 1 aromatic rings. The van der Waals surface area contributed by atoms with Gasteiger partial charge in [-0.25, -0.2) is 0 Å². The molecule has 1 atom stereocenters. The predicted molar refractivity (Wildman–Crippen MR) is 69.8 cm³/mol. The summed E-state index contributed by atoms with van der Waals surface area (Å²) in [6.07, 6.45) is 1.38. The number of aryl methyl sites for hydroxylation is 2. The van der Waals surface area contributed by atoms with Crippen LogP contribution in [0.15, 0.2) is 18.2 Å². The first-order chi connectivity index (χ1) is 7.25. The monoisotopic (exact) mass is 221 g/mol. The molecule has 1 unspecified atom stereocenters. The molecule has 1 fully saturated rings. The number of anilines is 1. The molecule has 1 saturated heterocycles. The van der Waals surface area contributed by atoms with Crippen LogP contribution in [0.3, 0.4) is 0 Å². The third-order valence-corrected chi connectivity index (χ3v) is 4.23. The van der Waals surface area contributed by atoms with Gasteiger partial charge in [0, 0.05) is 12.2 Å². The zero-order valence-electron chi connectivity index (χ0n) is 9.55. The van der Waals surface area contributed by atoms with Crippen molar-refractivity contribution in [2.24, 2.45) is 5.92 Å². The third kappa shape index (κ3) is 2.91. The number of hydrogen-bond acceptors (Lipinski definition) is 2. The van der Waals surface area contributed by atoms with Gasteiger partial charge < -0.3 is 5.32 Å². The molecule has 2 rings (SSSR count). The van der Waals surface area contributed by atoms with Gasteiger partial charge in [-0.15, -0.1) is 0 Å². The lowest BCUT2D eigenvalue weighted by Crippen LogP contribution is -2.14. The maximum atomic E-state index is 3.58. The Morgan fingerprint density at radius 2 is 2.27 bits per heavy atom. The first-order valence-electron chi connectivity index (χ1n) is 5.64. The van der Waals surface area contributed by atoms with E-state index in [1.54, 1.807) is 0 Å². The van der Waals surface area contributed by atoms with Crippen LogP contribution in [0.1, 0.15) is 17.5 Å². The van der Waals surface area contributed by atoms with E-state index in [0.717, 1.165) is 12.5 Å². The Morgan fingerprint density at radius 3 is 3.00 bits per heavy atom. The van der Waals surface area contributed by atoms with Gasteiger partial charge in [-0.1, -0.05) is 12.1 Å². The summed E-state index contributed by atoms with van der Waals surface area (Å²) in [7, 11) is 0. The number of rotatable bonds is 3. The van der Waals surface area contributed by atoms with Crippen molar-refractivity contribution < 1.29 is 0 Å². The molecule has 1 nitrogen and oxygen atoms in total. The van der Waals surface area contributed by atoms with Crippen LogP contribution in [0.5, 0.6) is 0 Å². The molecule has 0 aliphatic carbocycles. The van der Waals surface area contributed by atoms with Crippen molar-refractivity contribution >= 4 is 17.4 Å². The van der Waals surface area contributed by atoms with E-state index < -0.39 is 0 Å². The molecular formula is C13H19NS.